The first kappa shape index (κ1) is 17.8. The van der Waals surface area contributed by atoms with E-state index in [1.54, 1.807) is 6.92 Å². The van der Waals surface area contributed by atoms with Crippen molar-refractivity contribution in [2.75, 3.05) is 0 Å². The van der Waals surface area contributed by atoms with Crippen LogP contribution in [0, 0.1) is 12.8 Å². The summed E-state index contributed by atoms with van der Waals surface area (Å²) in [6, 6.07) is 0.150. The van der Waals surface area contributed by atoms with Crippen molar-refractivity contribution in [1.82, 2.24) is 9.27 Å². The van der Waals surface area contributed by atoms with Crippen molar-refractivity contribution in [1.29, 1.82) is 0 Å². The maximum Gasteiger partial charge on any atom is 1.00 e. The Morgan fingerprint density at radius 2 is 2.11 bits per heavy atom. The number of aryl methyl sites for hydroxylation is 1. The zero-order valence-corrected chi connectivity index (χ0v) is 17.8. The second-order valence-electron chi connectivity index (χ2n) is 4.94. The number of hydrogen-bond donors (Lipinski definition) is 0. The van der Waals surface area contributed by atoms with Crippen molar-refractivity contribution in [3.8, 4) is 0 Å². The first-order chi connectivity index (χ1) is 7.78. The fraction of sp³-hybridized carbons (Fsp3) is 0.667. The van der Waals surface area contributed by atoms with Crippen LogP contribution >= 0.6 is 34.1 Å². The molecule has 0 saturated heterocycles. The SMILES string of the molecule is Cc1snc2c1[C-](C)C(I)N(C(C)C)C2(C)F.[K+]. The van der Waals surface area contributed by atoms with Crippen molar-refractivity contribution >= 4 is 34.1 Å². The molecule has 0 radical (unpaired) electrons. The number of rotatable bonds is 1. The molecule has 2 rings (SSSR count). The van der Waals surface area contributed by atoms with Crippen LogP contribution in [-0.4, -0.2) is 19.4 Å². The van der Waals surface area contributed by atoms with E-state index in [0.29, 0.717) is 5.69 Å². The molecular formula is C12H17FIKN2S. The summed E-state index contributed by atoms with van der Waals surface area (Å²) >= 11 is 3.72. The molecule has 6 heteroatoms. The maximum atomic E-state index is 15.1. The van der Waals surface area contributed by atoms with E-state index in [1.165, 1.54) is 17.5 Å². The molecule has 0 N–H and O–H groups in total. The average Bonchev–Trinajstić information content (AvgIpc) is 2.57. The van der Waals surface area contributed by atoms with Crippen molar-refractivity contribution in [3.05, 3.63) is 22.1 Å². The molecule has 0 spiro atoms. The molecule has 1 aliphatic rings. The molecule has 2 heterocycles. The fourth-order valence-electron chi connectivity index (χ4n) is 2.56. The summed E-state index contributed by atoms with van der Waals surface area (Å²) < 4.78 is 19.5. The zero-order valence-electron chi connectivity index (χ0n) is 11.7. The number of fused-ring (bicyclic) bond motifs is 1. The minimum absolute atomic E-state index is 0. The zero-order chi connectivity index (χ0) is 13.0. The summed E-state index contributed by atoms with van der Waals surface area (Å²) in [5, 5.41) is 0. The topological polar surface area (TPSA) is 16.1 Å². The number of hydrogen-bond acceptors (Lipinski definition) is 3. The van der Waals surface area contributed by atoms with Gasteiger partial charge in [0.15, 0.2) is 5.79 Å². The first-order valence-electron chi connectivity index (χ1n) is 5.70. The van der Waals surface area contributed by atoms with Crippen LogP contribution in [0.25, 0.3) is 0 Å². The molecule has 0 fully saturated rings. The van der Waals surface area contributed by atoms with Gasteiger partial charge in [-0.1, -0.05) is 41.3 Å². The number of aromatic nitrogens is 1. The van der Waals surface area contributed by atoms with Crippen LogP contribution in [0.5, 0.6) is 0 Å². The number of alkyl halides is 2. The molecular weight excluding hydrogens is 389 g/mol. The maximum absolute atomic E-state index is 15.1. The largest absolute Gasteiger partial charge is 1.00 e. The van der Waals surface area contributed by atoms with Crippen LogP contribution in [0.1, 0.15) is 43.8 Å². The van der Waals surface area contributed by atoms with E-state index >= 15 is 4.39 Å². The van der Waals surface area contributed by atoms with Gasteiger partial charge >= 0.3 is 51.4 Å². The van der Waals surface area contributed by atoms with Crippen molar-refractivity contribution < 1.29 is 55.8 Å². The summed E-state index contributed by atoms with van der Waals surface area (Å²) in [4.78, 5) is 3.01. The number of nitrogens with zero attached hydrogens (tertiary/aromatic N) is 2. The molecule has 0 bridgehead atoms. The molecule has 18 heavy (non-hydrogen) atoms. The van der Waals surface area contributed by atoms with E-state index in [0.717, 1.165) is 10.4 Å². The number of halogens is 2. The Kier molecular flexibility index (Phi) is 6.18. The molecule has 2 atom stereocenters. The first-order valence-corrected chi connectivity index (χ1v) is 7.72. The summed E-state index contributed by atoms with van der Waals surface area (Å²) in [5.74, 6) is -0.254. The van der Waals surface area contributed by atoms with Crippen LogP contribution in [0.4, 0.5) is 4.39 Å². The molecule has 2 unspecified atom stereocenters. The minimum Gasteiger partial charge on any atom is -0.270 e. The van der Waals surface area contributed by atoms with Gasteiger partial charge in [0.1, 0.15) is 0 Å². The van der Waals surface area contributed by atoms with Gasteiger partial charge in [-0.25, -0.2) is 4.39 Å². The summed E-state index contributed by atoms with van der Waals surface area (Å²) in [6.45, 7) is 9.79. The van der Waals surface area contributed by atoms with Crippen molar-refractivity contribution in [2.45, 2.75) is 50.5 Å². The Morgan fingerprint density at radius 3 is 2.61 bits per heavy atom. The van der Waals surface area contributed by atoms with Crippen molar-refractivity contribution in [2.24, 2.45) is 0 Å². The van der Waals surface area contributed by atoms with Gasteiger partial charge in [-0.2, -0.15) is 0 Å². The standard InChI is InChI=1S/C12H17FIN2S.K/c1-6(2)16-11(14)7(3)9-8(4)17-15-10(9)12(16,5)13;/h6,11H,1-5H3;/q-1;+1. The van der Waals surface area contributed by atoms with E-state index in [4.69, 9.17) is 0 Å². The third-order valence-corrected chi connectivity index (χ3v) is 5.62. The molecule has 0 saturated carbocycles. The molecule has 0 amide bonds. The Morgan fingerprint density at radius 1 is 1.56 bits per heavy atom. The molecule has 1 aliphatic heterocycles. The average molecular weight is 406 g/mol. The second kappa shape index (κ2) is 6.25. The predicted octanol–water partition coefficient (Wildman–Crippen LogP) is 1.03. The summed E-state index contributed by atoms with van der Waals surface area (Å²) in [6.07, 6.45) is 0. The van der Waals surface area contributed by atoms with E-state index in [2.05, 4.69) is 33.9 Å². The van der Waals surface area contributed by atoms with Gasteiger partial charge in [-0.15, -0.1) is 23.0 Å². The smallest absolute Gasteiger partial charge is 0.270 e. The molecule has 1 aromatic heterocycles. The third kappa shape index (κ3) is 2.73. The van der Waals surface area contributed by atoms with E-state index < -0.39 is 5.79 Å². The minimum atomic E-state index is -1.47. The third-order valence-electron chi connectivity index (χ3n) is 3.33. The van der Waals surface area contributed by atoms with Gasteiger partial charge in [0.25, 0.3) is 0 Å². The quantitative estimate of drug-likeness (QED) is 0.228. The Balaban J connectivity index is 0.00000162. The van der Waals surface area contributed by atoms with Gasteiger partial charge in [0, 0.05) is 15.8 Å². The summed E-state index contributed by atoms with van der Waals surface area (Å²) in [5.41, 5.74) is 1.63. The second-order valence-corrected chi connectivity index (χ2v) is 7.09. The Hall–Kier alpha value is 1.76. The van der Waals surface area contributed by atoms with Gasteiger partial charge in [0.2, 0.25) is 0 Å². The fourth-order valence-corrected chi connectivity index (χ4v) is 4.87. The van der Waals surface area contributed by atoms with Gasteiger partial charge in [0.05, 0.1) is 0 Å². The van der Waals surface area contributed by atoms with E-state index in [9.17, 15) is 0 Å². The Labute approximate surface area is 169 Å². The van der Waals surface area contributed by atoms with Crippen LogP contribution in [0.15, 0.2) is 0 Å². The van der Waals surface area contributed by atoms with Gasteiger partial charge in [-0.05, 0) is 20.8 Å². The van der Waals surface area contributed by atoms with Crippen LogP contribution in [-0.2, 0) is 5.79 Å². The molecule has 96 valence electrons. The van der Waals surface area contributed by atoms with Gasteiger partial charge in [-0.3, -0.25) is 9.27 Å². The molecule has 0 aromatic carbocycles. The normalized spacial score (nSPS) is 28.2. The molecule has 1 aromatic rings. The predicted molar refractivity (Wildman–Crippen MR) is 78.1 cm³/mol. The van der Waals surface area contributed by atoms with Crippen molar-refractivity contribution in [3.63, 3.8) is 0 Å². The molecule has 0 aliphatic carbocycles. The van der Waals surface area contributed by atoms with Crippen LogP contribution in [0.2, 0.25) is 0 Å². The Bertz CT molecular complexity index is 436. The molecule has 2 nitrogen and oxygen atoms in total. The monoisotopic (exact) mass is 406 g/mol. The summed E-state index contributed by atoms with van der Waals surface area (Å²) in [7, 11) is 0. The van der Waals surface area contributed by atoms with Crippen LogP contribution < -0.4 is 51.4 Å². The van der Waals surface area contributed by atoms with Gasteiger partial charge < -0.3 is 0 Å². The van der Waals surface area contributed by atoms with Crippen LogP contribution in [0.3, 0.4) is 0 Å². The van der Waals surface area contributed by atoms with E-state index in [1.807, 2.05) is 25.7 Å². The van der Waals surface area contributed by atoms with E-state index in [-0.39, 0.29) is 61.5 Å².